The maximum atomic E-state index is 12.3. The lowest BCUT2D eigenvalue weighted by Crippen LogP contribution is -2.28. The van der Waals surface area contributed by atoms with E-state index in [0.717, 1.165) is 42.6 Å². The molecule has 16 heavy (non-hydrogen) atoms. The lowest BCUT2D eigenvalue weighted by molar-refractivity contribution is -0.140. The third kappa shape index (κ3) is 3.09. The third-order valence-corrected chi connectivity index (χ3v) is 3.47. The van der Waals surface area contributed by atoms with E-state index in [0.29, 0.717) is 5.01 Å². The first-order valence-corrected chi connectivity index (χ1v) is 5.68. The molecule has 1 aromatic heterocycles. The maximum Gasteiger partial charge on any atom is 0.434 e. The van der Waals surface area contributed by atoms with Gasteiger partial charge in [-0.3, -0.25) is 0 Å². The minimum atomic E-state index is -4.31. The Balaban J connectivity index is 0.00000128. The molecule has 2 nitrogen and oxygen atoms in total. The predicted molar refractivity (Wildman–Crippen MR) is 59.2 cm³/mol. The fourth-order valence-electron chi connectivity index (χ4n) is 1.67. The van der Waals surface area contributed by atoms with Gasteiger partial charge in [0, 0.05) is 17.8 Å². The number of alkyl halides is 3. The summed E-state index contributed by atoms with van der Waals surface area (Å²) in [5.74, 6) is 0.153. The molecular weight excluding hydrogens is 261 g/mol. The molecule has 2 rings (SSSR count). The SMILES string of the molecule is Cl.FC(F)(F)c1csc(C2CCCNC2)n1. The van der Waals surface area contributed by atoms with Crippen LogP contribution in [0.1, 0.15) is 29.5 Å². The van der Waals surface area contributed by atoms with Crippen LogP contribution in [-0.2, 0) is 6.18 Å². The molecule has 0 saturated carbocycles. The number of hydrogen-bond donors (Lipinski definition) is 1. The highest BCUT2D eigenvalue weighted by atomic mass is 35.5. The van der Waals surface area contributed by atoms with Gasteiger partial charge in [-0.15, -0.1) is 23.7 Å². The monoisotopic (exact) mass is 272 g/mol. The summed E-state index contributed by atoms with van der Waals surface area (Å²) in [5, 5.41) is 4.87. The first-order chi connectivity index (χ1) is 7.07. The number of aromatic nitrogens is 1. The van der Waals surface area contributed by atoms with Crippen molar-refractivity contribution in [3.63, 3.8) is 0 Å². The fraction of sp³-hybridized carbons (Fsp3) is 0.667. The van der Waals surface area contributed by atoms with E-state index in [1.165, 1.54) is 0 Å². The van der Waals surface area contributed by atoms with Crippen LogP contribution in [0, 0.1) is 0 Å². The molecule has 0 radical (unpaired) electrons. The molecule has 0 amide bonds. The van der Waals surface area contributed by atoms with Crippen molar-refractivity contribution in [1.82, 2.24) is 10.3 Å². The number of nitrogens with one attached hydrogen (secondary N) is 1. The van der Waals surface area contributed by atoms with Crippen molar-refractivity contribution in [3.05, 3.63) is 16.1 Å². The van der Waals surface area contributed by atoms with E-state index in [9.17, 15) is 13.2 Å². The normalized spacial score (nSPS) is 21.6. The third-order valence-electron chi connectivity index (χ3n) is 2.46. The average Bonchev–Trinajstić information content (AvgIpc) is 2.67. The van der Waals surface area contributed by atoms with Gasteiger partial charge in [0.1, 0.15) is 0 Å². The largest absolute Gasteiger partial charge is 0.434 e. The Kier molecular flexibility index (Phi) is 4.58. The zero-order chi connectivity index (χ0) is 10.9. The quantitative estimate of drug-likeness (QED) is 0.850. The van der Waals surface area contributed by atoms with Crippen LogP contribution >= 0.6 is 23.7 Å². The summed E-state index contributed by atoms with van der Waals surface area (Å²) in [6, 6.07) is 0. The molecule has 7 heteroatoms. The Labute approximate surface area is 102 Å². The Morgan fingerprint density at radius 1 is 1.44 bits per heavy atom. The van der Waals surface area contributed by atoms with Gasteiger partial charge in [0.25, 0.3) is 0 Å². The van der Waals surface area contributed by atoms with Gasteiger partial charge in [0.2, 0.25) is 0 Å². The van der Waals surface area contributed by atoms with Gasteiger partial charge in [-0.1, -0.05) is 0 Å². The molecule has 0 spiro atoms. The van der Waals surface area contributed by atoms with Crippen LogP contribution in [0.5, 0.6) is 0 Å². The Morgan fingerprint density at radius 2 is 2.19 bits per heavy atom. The predicted octanol–water partition coefficient (Wildman–Crippen LogP) is 3.05. The number of nitrogens with zero attached hydrogens (tertiary/aromatic N) is 1. The molecular formula is C9H12ClF3N2S. The highest BCUT2D eigenvalue weighted by Crippen LogP contribution is 2.33. The highest BCUT2D eigenvalue weighted by molar-refractivity contribution is 7.09. The molecule has 2 heterocycles. The highest BCUT2D eigenvalue weighted by Gasteiger charge is 2.34. The van der Waals surface area contributed by atoms with Crippen molar-refractivity contribution in [2.45, 2.75) is 24.9 Å². The smallest absolute Gasteiger partial charge is 0.316 e. The van der Waals surface area contributed by atoms with Crippen molar-refractivity contribution in [2.75, 3.05) is 13.1 Å². The van der Waals surface area contributed by atoms with Crippen LogP contribution in [0.15, 0.2) is 5.38 Å². The average molecular weight is 273 g/mol. The molecule has 1 N–H and O–H groups in total. The van der Waals surface area contributed by atoms with Crippen molar-refractivity contribution >= 4 is 23.7 Å². The van der Waals surface area contributed by atoms with Crippen LogP contribution in [0.3, 0.4) is 0 Å². The number of halogens is 4. The molecule has 1 aromatic rings. The summed E-state index contributed by atoms with van der Waals surface area (Å²) >= 11 is 1.11. The number of thiazole rings is 1. The van der Waals surface area contributed by atoms with E-state index in [4.69, 9.17) is 0 Å². The van der Waals surface area contributed by atoms with Crippen molar-refractivity contribution < 1.29 is 13.2 Å². The van der Waals surface area contributed by atoms with Gasteiger partial charge in [-0.2, -0.15) is 13.2 Å². The molecule has 0 aliphatic carbocycles. The molecule has 0 bridgehead atoms. The Hall–Kier alpha value is -0.330. The fourth-order valence-corrected chi connectivity index (χ4v) is 2.63. The molecule has 1 unspecified atom stereocenters. The molecule has 92 valence electrons. The maximum absolute atomic E-state index is 12.3. The Morgan fingerprint density at radius 3 is 2.69 bits per heavy atom. The van der Waals surface area contributed by atoms with E-state index in [-0.39, 0.29) is 18.3 Å². The van der Waals surface area contributed by atoms with Gasteiger partial charge in [-0.05, 0) is 19.4 Å². The van der Waals surface area contributed by atoms with Crippen LogP contribution in [-0.4, -0.2) is 18.1 Å². The Bertz CT molecular complexity index is 334. The summed E-state index contributed by atoms with van der Waals surface area (Å²) in [4.78, 5) is 3.66. The van der Waals surface area contributed by atoms with Crippen molar-refractivity contribution in [3.8, 4) is 0 Å². The van der Waals surface area contributed by atoms with Gasteiger partial charge in [0.05, 0.1) is 5.01 Å². The first kappa shape index (κ1) is 13.7. The molecule has 1 atom stereocenters. The summed E-state index contributed by atoms with van der Waals surface area (Å²) in [5.41, 5.74) is -0.756. The van der Waals surface area contributed by atoms with E-state index >= 15 is 0 Å². The van der Waals surface area contributed by atoms with Crippen LogP contribution in [0.4, 0.5) is 13.2 Å². The summed E-state index contributed by atoms with van der Waals surface area (Å²) in [6.45, 7) is 1.69. The van der Waals surface area contributed by atoms with Crippen LogP contribution < -0.4 is 5.32 Å². The number of hydrogen-bond acceptors (Lipinski definition) is 3. The molecule has 0 aromatic carbocycles. The molecule has 1 aliphatic heterocycles. The second-order valence-corrected chi connectivity index (χ2v) is 4.50. The summed E-state index contributed by atoms with van der Waals surface area (Å²) in [6.07, 6.45) is -2.37. The molecule has 1 aliphatic rings. The van der Waals surface area contributed by atoms with E-state index in [1.807, 2.05) is 0 Å². The van der Waals surface area contributed by atoms with Crippen LogP contribution in [0.25, 0.3) is 0 Å². The summed E-state index contributed by atoms with van der Waals surface area (Å²) in [7, 11) is 0. The number of rotatable bonds is 1. The standard InChI is InChI=1S/C9H11F3N2S.ClH/c10-9(11,12)7-5-15-8(14-7)6-2-1-3-13-4-6;/h5-6,13H,1-4H2;1H. The molecule has 1 saturated heterocycles. The van der Waals surface area contributed by atoms with Crippen molar-refractivity contribution in [1.29, 1.82) is 0 Å². The lowest BCUT2D eigenvalue weighted by Gasteiger charge is -2.20. The second-order valence-electron chi connectivity index (χ2n) is 3.61. The zero-order valence-electron chi connectivity index (χ0n) is 8.38. The minimum Gasteiger partial charge on any atom is -0.316 e. The van der Waals surface area contributed by atoms with E-state index < -0.39 is 11.9 Å². The molecule has 1 fully saturated rings. The van der Waals surface area contributed by atoms with Gasteiger partial charge < -0.3 is 5.32 Å². The van der Waals surface area contributed by atoms with Gasteiger partial charge in [0.15, 0.2) is 5.69 Å². The lowest BCUT2D eigenvalue weighted by atomic mass is 10.0. The van der Waals surface area contributed by atoms with E-state index in [1.54, 1.807) is 0 Å². The topological polar surface area (TPSA) is 24.9 Å². The second kappa shape index (κ2) is 5.33. The summed E-state index contributed by atoms with van der Waals surface area (Å²) < 4.78 is 36.9. The van der Waals surface area contributed by atoms with Gasteiger partial charge >= 0.3 is 6.18 Å². The first-order valence-electron chi connectivity index (χ1n) is 4.80. The minimum absolute atomic E-state index is 0. The van der Waals surface area contributed by atoms with E-state index in [2.05, 4.69) is 10.3 Å². The zero-order valence-corrected chi connectivity index (χ0v) is 10.0. The van der Waals surface area contributed by atoms with Crippen LogP contribution in [0.2, 0.25) is 0 Å². The number of piperidine rings is 1. The van der Waals surface area contributed by atoms with Crippen molar-refractivity contribution in [2.24, 2.45) is 0 Å². The van der Waals surface area contributed by atoms with Gasteiger partial charge in [-0.25, -0.2) is 4.98 Å².